The fraction of sp³-hybridized carbons (Fsp3) is 0.125. The molecule has 0 saturated carbocycles. The molecule has 0 aliphatic carbocycles. The second kappa shape index (κ2) is 5.28. The van der Waals surface area contributed by atoms with Crippen molar-refractivity contribution in [2.24, 2.45) is 12.1 Å². The number of carbonyl (C=O) groups excluding carboxylic acids is 1. The number of furan rings is 1. The molecule has 0 aliphatic heterocycles. The first-order chi connectivity index (χ1) is 10.2. The summed E-state index contributed by atoms with van der Waals surface area (Å²) in [4.78, 5) is 11.9. The number of hydrogen-bond donors (Lipinski definition) is 1. The van der Waals surface area contributed by atoms with Crippen molar-refractivity contribution in [1.29, 1.82) is 0 Å². The van der Waals surface area contributed by atoms with Crippen molar-refractivity contribution in [1.82, 2.24) is 9.99 Å². The van der Waals surface area contributed by atoms with E-state index < -0.39 is 0 Å². The summed E-state index contributed by atoms with van der Waals surface area (Å²) in [6.45, 7) is 1.74. The SMILES string of the molecule is Cc1occc1C(=O)NN=Cc1cn(C)c2ccccc12. The number of hydrazone groups is 1. The van der Waals surface area contributed by atoms with Crippen LogP contribution in [0.25, 0.3) is 10.9 Å². The molecule has 2 aromatic heterocycles. The number of rotatable bonds is 3. The molecule has 0 atom stereocenters. The number of para-hydroxylation sites is 1. The fourth-order valence-corrected chi connectivity index (χ4v) is 2.32. The molecule has 5 heteroatoms. The molecule has 0 fully saturated rings. The van der Waals surface area contributed by atoms with Crippen molar-refractivity contribution in [3.05, 3.63) is 59.7 Å². The van der Waals surface area contributed by atoms with Crippen LogP contribution in [0, 0.1) is 6.92 Å². The molecule has 0 unspecified atom stereocenters. The summed E-state index contributed by atoms with van der Waals surface area (Å²) >= 11 is 0. The van der Waals surface area contributed by atoms with Crippen LogP contribution in [0.1, 0.15) is 21.7 Å². The van der Waals surface area contributed by atoms with E-state index in [1.165, 1.54) is 6.26 Å². The number of aryl methyl sites for hydroxylation is 2. The normalized spacial score (nSPS) is 11.3. The third-order valence-electron chi connectivity index (χ3n) is 3.40. The molecular formula is C16H15N3O2. The average Bonchev–Trinajstić information content (AvgIpc) is 3.04. The third-order valence-corrected chi connectivity index (χ3v) is 3.40. The molecule has 1 aromatic carbocycles. The summed E-state index contributed by atoms with van der Waals surface area (Å²) < 4.78 is 7.12. The fourth-order valence-electron chi connectivity index (χ4n) is 2.32. The lowest BCUT2D eigenvalue weighted by Gasteiger charge is -1.97. The highest BCUT2D eigenvalue weighted by molar-refractivity contribution is 6.00. The molecular weight excluding hydrogens is 266 g/mol. The van der Waals surface area contributed by atoms with Gasteiger partial charge in [0.05, 0.1) is 18.0 Å². The largest absolute Gasteiger partial charge is 0.469 e. The van der Waals surface area contributed by atoms with Crippen LogP contribution in [0.2, 0.25) is 0 Å². The van der Waals surface area contributed by atoms with E-state index in [-0.39, 0.29) is 5.91 Å². The molecule has 3 aromatic rings. The number of fused-ring (bicyclic) bond motifs is 1. The van der Waals surface area contributed by atoms with Crippen molar-refractivity contribution in [3.8, 4) is 0 Å². The zero-order chi connectivity index (χ0) is 14.8. The maximum absolute atomic E-state index is 11.9. The zero-order valence-corrected chi connectivity index (χ0v) is 11.8. The van der Waals surface area contributed by atoms with Gasteiger partial charge in [-0.3, -0.25) is 4.79 Å². The molecule has 5 nitrogen and oxygen atoms in total. The smallest absolute Gasteiger partial charge is 0.274 e. The molecule has 3 rings (SSSR count). The van der Waals surface area contributed by atoms with Crippen molar-refractivity contribution in [2.75, 3.05) is 0 Å². The van der Waals surface area contributed by atoms with Gasteiger partial charge < -0.3 is 8.98 Å². The van der Waals surface area contributed by atoms with Gasteiger partial charge in [0.25, 0.3) is 5.91 Å². The first kappa shape index (κ1) is 13.2. The Bertz CT molecular complexity index is 827. The summed E-state index contributed by atoms with van der Waals surface area (Å²) in [6, 6.07) is 9.66. The molecule has 0 saturated heterocycles. The molecule has 0 aliphatic rings. The van der Waals surface area contributed by atoms with E-state index in [0.717, 1.165) is 16.5 Å². The molecule has 0 bridgehead atoms. The van der Waals surface area contributed by atoms with Crippen molar-refractivity contribution in [2.45, 2.75) is 6.92 Å². The quantitative estimate of drug-likeness (QED) is 0.593. The van der Waals surface area contributed by atoms with Crippen molar-refractivity contribution < 1.29 is 9.21 Å². The Kier molecular flexibility index (Phi) is 3.31. The highest BCUT2D eigenvalue weighted by Gasteiger charge is 2.10. The minimum absolute atomic E-state index is 0.280. The van der Waals surface area contributed by atoms with Gasteiger partial charge in [0, 0.05) is 29.7 Å². The van der Waals surface area contributed by atoms with Crippen molar-refractivity contribution in [3.63, 3.8) is 0 Å². The number of hydrogen-bond acceptors (Lipinski definition) is 3. The molecule has 106 valence electrons. The van der Waals surface area contributed by atoms with Crippen LogP contribution in [0.5, 0.6) is 0 Å². The Balaban J connectivity index is 1.80. The lowest BCUT2D eigenvalue weighted by molar-refractivity contribution is 0.0953. The van der Waals surface area contributed by atoms with Crippen LogP contribution >= 0.6 is 0 Å². The lowest BCUT2D eigenvalue weighted by atomic mass is 10.2. The van der Waals surface area contributed by atoms with Gasteiger partial charge in [-0.1, -0.05) is 18.2 Å². The summed E-state index contributed by atoms with van der Waals surface area (Å²) in [6.07, 6.45) is 5.11. The van der Waals surface area contributed by atoms with Gasteiger partial charge in [-0.15, -0.1) is 0 Å². The molecule has 1 N–H and O–H groups in total. The predicted molar refractivity (Wildman–Crippen MR) is 81.4 cm³/mol. The second-order valence-corrected chi connectivity index (χ2v) is 4.80. The Morgan fingerprint density at radius 1 is 1.33 bits per heavy atom. The van der Waals surface area contributed by atoms with Gasteiger partial charge >= 0.3 is 0 Å². The Morgan fingerprint density at radius 3 is 2.90 bits per heavy atom. The van der Waals surface area contributed by atoms with E-state index in [1.807, 2.05) is 42.1 Å². The Labute approximate surface area is 121 Å². The molecule has 21 heavy (non-hydrogen) atoms. The standard InChI is InChI=1S/C16H15N3O2/c1-11-13(7-8-21-11)16(20)18-17-9-12-10-19(2)15-6-4-3-5-14(12)15/h3-10H,1-2H3,(H,18,20). The van der Waals surface area contributed by atoms with Crippen LogP contribution < -0.4 is 5.43 Å². The van der Waals surface area contributed by atoms with E-state index in [4.69, 9.17) is 4.42 Å². The summed E-state index contributed by atoms with van der Waals surface area (Å²) in [5.41, 5.74) is 5.08. The number of carbonyl (C=O) groups is 1. The van der Waals surface area contributed by atoms with Crippen LogP contribution in [0.15, 0.2) is 52.3 Å². The minimum atomic E-state index is -0.280. The first-order valence-corrected chi connectivity index (χ1v) is 6.58. The molecule has 0 spiro atoms. The van der Waals surface area contributed by atoms with E-state index in [1.54, 1.807) is 19.2 Å². The number of nitrogens with zero attached hydrogens (tertiary/aromatic N) is 2. The Hall–Kier alpha value is -2.82. The molecule has 0 radical (unpaired) electrons. The highest BCUT2D eigenvalue weighted by Crippen LogP contribution is 2.18. The van der Waals surface area contributed by atoms with Gasteiger partial charge in [0.15, 0.2) is 0 Å². The number of amides is 1. The summed E-state index contributed by atoms with van der Waals surface area (Å²) in [5, 5.41) is 5.12. The van der Waals surface area contributed by atoms with Gasteiger partial charge in [-0.2, -0.15) is 5.10 Å². The maximum atomic E-state index is 11.9. The molecule has 1 amide bonds. The summed E-state index contributed by atoms with van der Waals surface area (Å²) in [7, 11) is 1.98. The van der Waals surface area contributed by atoms with Crippen LogP contribution in [0.3, 0.4) is 0 Å². The van der Waals surface area contributed by atoms with E-state index in [0.29, 0.717) is 11.3 Å². The van der Waals surface area contributed by atoms with Gasteiger partial charge in [-0.05, 0) is 19.1 Å². The Morgan fingerprint density at radius 2 is 2.14 bits per heavy atom. The molecule has 2 heterocycles. The topological polar surface area (TPSA) is 59.5 Å². The van der Waals surface area contributed by atoms with E-state index >= 15 is 0 Å². The zero-order valence-electron chi connectivity index (χ0n) is 11.8. The van der Waals surface area contributed by atoms with Crippen molar-refractivity contribution >= 4 is 23.0 Å². The van der Waals surface area contributed by atoms with Crippen LogP contribution in [-0.2, 0) is 7.05 Å². The highest BCUT2D eigenvalue weighted by atomic mass is 16.3. The maximum Gasteiger partial charge on any atom is 0.274 e. The van der Waals surface area contributed by atoms with Crippen LogP contribution in [-0.4, -0.2) is 16.7 Å². The summed E-state index contributed by atoms with van der Waals surface area (Å²) in [5.74, 6) is 0.297. The minimum Gasteiger partial charge on any atom is -0.469 e. The number of aromatic nitrogens is 1. The average molecular weight is 281 g/mol. The monoisotopic (exact) mass is 281 g/mol. The lowest BCUT2D eigenvalue weighted by Crippen LogP contribution is -2.17. The third kappa shape index (κ3) is 2.45. The van der Waals surface area contributed by atoms with Crippen LogP contribution in [0.4, 0.5) is 0 Å². The van der Waals surface area contributed by atoms with Gasteiger partial charge in [0.2, 0.25) is 0 Å². The predicted octanol–water partition coefficient (Wildman–Crippen LogP) is 2.84. The number of benzene rings is 1. The van der Waals surface area contributed by atoms with E-state index in [9.17, 15) is 4.79 Å². The van der Waals surface area contributed by atoms with Gasteiger partial charge in [-0.25, -0.2) is 5.43 Å². The second-order valence-electron chi connectivity index (χ2n) is 4.80. The number of nitrogens with one attached hydrogen (secondary N) is 1. The first-order valence-electron chi connectivity index (χ1n) is 6.58. The van der Waals surface area contributed by atoms with Gasteiger partial charge in [0.1, 0.15) is 5.76 Å². The van der Waals surface area contributed by atoms with E-state index in [2.05, 4.69) is 10.5 Å².